The van der Waals surface area contributed by atoms with Crippen LogP contribution in [0, 0.1) is 5.92 Å². The van der Waals surface area contributed by atoms with E-state index in [0.29, 0.717) is 25.0 Å². The smallest absolute Gasteiger partial charge is 0.416 e. The molecule has 1 saturated carbocycles. The van der Waals surface area contributed by atoms with Crippen molar-refractivity contribution >= 4 is 11.9 Å². The van der Waals surface area contributed by atoms with E-state index < -0.39 is 47.0 Å². The molecule has 1 amide bonds. The van der Waals surface area contributed by atoms with E-state index in [0.717, 1.165) is 26.4 Å². The van der Waals surface area contributed by atoms with Crippen molar-refractivity contribution in [2.24, 2.45) is 5.92 Å². The molecular formula is C18H19F6NO3. The van der Waals surface area contributed by atoms with Gasteiger partial charge in [0.25, 0.3) is 5.91 Å². The summed E-state index contributed by atoms with van der Waals surface area (Å²) in [5.41, 5.74) is -4.02. The van der Waals surface area contributed by atoms with Crippen molar-refractivity contribution in [3.63, 3.8) is 0 Å². The highest BCUT2D eigenvalue weighted by Crippen LogP contribution is 2.36. The number of rotatable bonds is 4. The Morgan fingerprint density at radius 2 is 1.46 bits per heavy atom. The second-order valence-corrected chi connectivity index (χ2v) is 6.67. The van der Waals surface area contributed by atoms with Gasteiger partial charge in [-0.2, -0.15) is 26.3 Å². The summed E-state index contributed by atoms with van der Waals surface area (Å²) in [7, 11) is 1.09. The van der Waals surface area contributed by atoms with Crippen molar-refractivity contribution in [2.75, 3.05) is 7.11 Å². The van der Waals surface area contributed by atoms with Gasteiger partial charge in [-0.15, -0.1) is 0 Å². The van der Waals surface area contributed by atoms with Gasteiger partial charge in [0, 0.05) is 5.56 Å². The highest BCUT2D eigenvalue weighted by Gasteiger charge is 2.38. The van der Waals surface area contributed by atoms with E-state index in [4.69, 9.17) is 0 Å². The number of ether oxygens (including phenoxy) is 1. The summed E-state index contributed by atoms with van der Waals surface area (Å²) in [6, 6.07) is -0.531. The zero-order chi connectivity index (χ0) is 21.1. The maximum atomic E-state index is 13.0. The average Bonchev–Trinajstić information content (AvgIpc) is 2.64. The number of halogens is 6. The second kappa shape index (κ2) is 8.40. The summed E-state index contributed by atoms with van der Waals surface area (Å²) >= 11 is 0. The molecule has 0 bridgehead atoms. The highest BCUT2D eigenvalue weighted by atomic mass is 19.4. The number of esters is 1. The molecule has 1 aliphatic rings. The van der Waals surface area contributed by atoms with Crippen LogP contribution < -0.4 is 5.32 Å². The molecule has 0 unspecified atom stereocenters. The molecule has 0 aliphatic heterocycles. The lowest BCUT2D eigenvalue weighted by Gasteiger charge is -2.29. The van der Waals surface area contributed by atoms with Gasteiger partial charge in [-0.25, -0.2) is 4.79 Å². The van der Waals surface area contributed by atoms with Crippen LogP contribution >= 0.6 is 0 Å². The number of carbonyl (C=O) groups excluding carboxylic acids is 2. The molecule has 0 aromatic heterocycles. The fraction of sp³-hybridized carbons (Fsp3) is 0.556. The molecule has 1 aromatic rings. The third kappa shape index (κ3) is 5.39. The van der Waals surface area contributed by atoms with Crippen LogP contribution in [0.25, 0.3) is 0 Å². The first-order chi connectivity index (χ1) is 12.9. The van der Waals surface area contributed by atoms with Gasteiger partial charge in [-0.3, -0.25) is 4.79 Å². The molecule has 0 saturated heterocycles. The van der Waals surface area contributed by atoms with Crippen molar-refractivity contribution in [3.8, 4) is 0 Å². The van der Waals surface area contributed by atoms with Crippen LogP contribution in [-0.4, -0.2) is 25.0 Å². The molecule has 0 spiro atoms. The minimum absolute atomic E-state index is 0.0598. The summed E-state index contributed by atoms with van der Waals surface area (Å²) in [4.78, 5) is 24.5. The van der Waals surface area contributed by atoms with E-state index >= 15 is 0 Å². The molecule has 1 aromatic carbocycles. The van der Waals surface area contributed by atoms with Crippen molar-refractivity contribution in [3.05, 3.63) is 34.9 Å². The zero-order valence-corrected chi connectivity index (χ0v) is 14.9. The number of benzene rings is 1. The Balaban J connectivity index is 2.36. The number of alkyl halides is 6. The van der Waals surface area contributed by atoms with Gasteiger partial charge in [0.05, 0.1) is 18.2 Å². The Labute approximate surface area is 157 Å². The summed E-state index contributed by atoms with van der Waals surface area (Å²) < 4.78 is 82.4. The highest BCUT2D eigenvalue weighted by molar-refractivity contribution is 5.97. The third-order valence-corrected chi connectivity index (χ3v) is 4.71. The minimum Gasteiger partial charge on any atom is -0.467 e. The number of hydrogen-bond donors (Lipinski definition) is 1. The van der Waals surface area contributed by atoms with Gasteiger partial charge in [0.2, 0.25) is 0 Å². The van der Waals surface area contributed by atoms with Gasteiger partial charge in [-0.05, 0) is 37.0 Å². The Morgan fingerprint density at radius 1 is 0.964 bits per heavy atom. The summed E-state index contributed by atoms with van der Waals surface area (Å²) in [6.07, 6.45) is -6.40. The van der Waals surface area contributed by atoms with Crippen LogP contribution in [0.15, 0.2) is 18.2 Å². The van der Waals surface area contributed by atoms with Crippen LogP contribution in [0.2, 0.25) is 0 Å². The molecule has 2 rings (SSSR count). The zero-order valence-electron chi connectivity index (χ0n) is 14.9. The van der Waals surface area contributed by atoms with Crippen LogP contribution in [-0.2, 0) is 21.9 Å². The average molecular weight is 411 g/mol. The lowest BCUT2D eigenvalue weighted by atomic mass is 9.83. The Kier molecular flexibility index (Phi) is 6.61. The van der Waals surface area contributed by atoms with Gasteiger partial charge in [0.1, 0.15) is 6.04 Å². The first-order valence-corrected chi connectivity index (χ1v) is 8.61. The van der Waals surface area contributed by atoms with Gasteiger partial charge >= 0.3 is 18.3 Å². The van der Waals surface area contributed by atoms with Crippen LogP contribution in [0.1, 0.15) is 53.6 Å². The van der Waals surface area contributed by atoms with E-state index in [1.54, 1.807) is 0 Å². The quantitative estimate of drug-likeness (QED) is 0.583. The molecule has 1 aliphatic carbocycles. The first-order valence-electron chi connectivity index (χ1n) is 8.61. The number of hydrogen-bond acceptors (Lipinski definition) is 3. The minimum atomic E-state index is -5.07. The molecule has 1 N–H and O–H groups in total. The van der Waals surface area contributed by atoms with Gasteiger partial charge in [-0.1, -0.05) is 19.3 Å². The predicted octanol–water partition coefficient (Wildman–Crippen LogP) is 4.58. The van der Waals surface area contributed by atoms with Crippen molar-refractivity contribution in [2.45, 2.75) is 50.5 Å². The normalized spacial score (nSPS) is 17.1. The summed E-state index contributed by atoms with van der Waals surface area (Å²) in [6.45, 7) is 0. The van der Waals surface area contributed by atoms with Crippen molar-refractivity contribution in [1.82, 2.24) is 5.32 Å². The van der Waals surface area contributed by atoms with Gasteiger partial charge < -0.3 is 10.1 Å². The Hall–Kier alpha value is -2.26. The predicted molar refractivity (Wildman–Crippen MR) is 86.3 cm³/mol. The molecule has 28 heavy (non-hydrogen) atoms. The van der Waals surface area contributed by atoms with E-state index in [-0.39, 0.29) is 12.0 Å². The number of amides is 1. The maximum absolute atomic E-state index is 13.0. The lowest BCUT2D eigenvalue weighted by molar-refractivity contribution is -0.145. The van der Waals surface area contributed by atoms with Crippen LogP contribution in [0.4, 0.5) is 26.3 Å². The SMILES string of the molecule is COC(=O)[C@H](NC(=O)c1cc(C(F)(F)F)cc(C(F)(F)F)c1)C1CCCCC1. The molecule has 4 nitrogen and oxygen atoms in total. The molecule has 1 fully saturated rings. The van der Waals surface area contributed by atoms with Crippen LogP contribution in [0.5, 0.6) is 0 Å². The van der Waals surface area contributed by atoms with E-state index in [2.05, 4.69) is 10.1 Å². The van der Waals surface area contributed by atoms with E-state index in [9.17, 15) is 35.9 Å². The molecule has 0 radical (unpaired) electrons. The third-order valence-electron chi connectivity index (χ3n) is 4.71. The standard InChI is InChI=1S/C18H19F6NO3/c1-28-16(27)14(10-5-3-2-4-6-10)25-15(26)11-7-12(17(19,20)21)9-13(8-11)18(22,23)24/h7-10,14H,2-6H2,1H3,(H,25,26)/t14-/m1/s1. The number of carbonyl (C=O) groups is 2. The second-order valence-electron chi connectivity index (χ2n) is 6.67. The number of methoxy groups -OCH3 is 1. The summed E-state index contributed by atoms with van der Waals surface area (Å²) in [5, 5.41) is 2.26. The lowest BCUT2D eigenvalue weighted by Crippen LogP contribution is -2.47. The molecular weight excluding hydrogens is 392 g/mol. The fourth-order valence-corrected chi connectivity index (χ4v) is 3.27. The van der Waals surface area contributed by atoms with Crippen molar-refractivity contribution in [1.29, 1.82) is 0 Å². The molecule has 10 heteroatoms. The van der Waals surface area contributed by atoms with Gasteiger partial charge in [0.15, 0.2) is 0 Å². The fourth-order valence-electron chi connectivity index (χ4n) is 3.27. The van der Waals surface area contributed by atoms with Crippen molar-refractivity contribution < 1.29 is 40.7 Å². The first kappa shape index (κ1) is 22.0. The Morgan fingerprint density at radius 3 is 1.89 bits per heavy atom. The molecule has 0 heterocycles. The molecule has 1 atom stereocenters. The van der Waals surface area contributed by atoms with E-state index in [1.165, 1.54) is 0 Å². The van der Waals surface area contributed by atoms with Crippen LogP contribution in [0.3, 0.4) is 0 Å². The Bertz CT molecular complexity index is 691. The number of nitrogens with one attached hydrogen (secondary N) is 1. The van der Waals surface area contributed by atoms with E-state index in [1.807, 2.05) is 0 Å². The maximum Gasteiger partial charge on any atom is 0.416 e. The monoisotopic (exact) mass is 411 g/mol. The molecule has 156 valence electrons. The summed E-state index contributed by atoms with van der Waals surface area (Å²) in [5.74, 6) is -2.28. The largest absolute Gasteiger partial charge is 0.467 e. The topological polar surface area (TPSA) is 55.4 Å².